The van der Waals surface area contributed by atoms with Crippen molar-refractivity contribution in [2.24, 2.45) is 0 Å². The zero-order chi connectivity index (χ0) is 12.3. The number of halogens is 1. The lowest BCUT2D eigenvalue weighted by Gasteiger charge is -2.31. The van der Waals surface area contributed by atoms with Crippen LogP contribution in [0.2, 0.25) is 0 Å². The SMILES string of the molecule is CC1NCCCC1Nc1ncc(Br)cc1C#N. The highest BCUT2D eigenvalue weighted by atomic mass is 79.9. The molecule has 1 fully saturated rings. The van der Waals surface area contributed by atoms with Gasteiger partial charge in [-0.2, -0.15) is 5.26 Å². The predicted molar refractivity (Wildman–Crippen MR) is 70.8 cm³/mol. The lowest BCUT2D eigenvalue weighted by Crippen LogP contribution is -2.46. The largest absolute Gasteiger partial charge is 0.365 e. The molecule has 0 bridgehead atoms. The predicted octanol–water partition coefficient (Wildman–Crippen LogP) is 2.27. The van der Waals surface area contributed by atoms with Crippen molar-refractivity contribution >= 4 is 21.7 Å². The first-order chi connectivity index (χ1) is 8.20. The number of piperidine rings is 1. The Bertz CT molecular complexity index is 441. The summed E-state index contributed by atoms with van der Waals surface area (Å²) in [6.45, 7) is 3.22. The van der Waals surface area contributed by atoms with Gasteiger partial charge in [-0.1, -0.05) is 0 Å². The van der Waals surface area contributed by atoms with E-state index in [4.69, 9.17) is 5.26 Å². The number of rotatable bonds is 2. The number of pyridine rings is 1. The summed E-state index contributed by atoms with van der Waals surface area (Å²) in [7, 11) is 0. The molecule has 0 radical (unpaired) electrons. The Balaban J connectivity index is 2.15. The first kappa shape index (κ1) is 12.3. The van der Waals surface area contributed by atoms with Crippen LogP contribution in [-0.2, 0) is 0 Å². The number of aromatic nitrogens is 1. The van der Waals surface area contributed by atoms with Gasteiger partial charge in [-0.25, -0.2) is 4.98 Å². The van der Waals surface area contributed by atoms with E-state index in [1.165, 1.54) is 0 Å². The normalized spacial score (nSPS) is 24.1. The van der Waals surface area contributed by atoms with Gasteiger partial charge in [0.2, 0.25) is 0 Å². The molecular formula is C12H15BrN4. The minimum atomic E-state index is 0.338. The maximum atomic E-state index is 9.07. The Kier molecular flexibility index (Phi) is 3.97. The van der Waals surface area contributed by atoms with Crippen LogP contribution in [0.1, 0.15) is 25.3 Å². The van der Waals surface area contributed by atoms with Crippen LogP contribution < -0.4 is 10.6 Å². The number of nitriles is 1. The minimum absolute atomic E-state index is 0.338. The van der Waals surface area contributed by atoms with Gasteiger partial charge in [0, 0.05) is 22.8 Å². The maximum Gasteiger partial charge on any atom is 0.144 e. The monoisotopic (exact) mass is 294 g/mol. The standard InChI is InChI=1S/C12H15BrN4/c1-8-11(3-2-4-15-8)17-12-9(6-14)5-10(13)7-16-12/h5,7-8,11,15H,2-4H2,1H3,(H,16,17). The highest BCUT2D eigenvalue weighted by Crippen LogP contribution is 2.20. The summed E-state index contributed by atoms with van der Waals surface area (Å²) >= 11 is 3.32. The molecule has 2 heterocycles. The topological polar surface area (TPSA) is 60.7 Å². The fourth-order valence-corrected chi connectivity index (χ4v) is 2.39. The number of nitrogens with zero attached hydrogens (tertiary/aromatic N) is 2. The quantitative estimate of drug-likeness (QED) is 0.878. The van der Waals surface area contributed by atoms with Gasteiger partial charge in [-0.15, -0.1) is 0 Å². The van der Waals surface area contributed by atoms with Gasteiger partial charge < -0.3 is 10.6 Å². The van der Waals surface area contributed by atoms with Crippen LogP contribution in [0.15, 0.2) is 16.7 Å². The summed E-state index contributed by atoms with van der Waals surface area (Å²) in [6, 6.07) is 4.69. The fraction of sp³-hybridized carbons (Fsp3) is 0.500. The zero-order valence-electron chi connectivity index (χ0n) is 9.70. The second kappa shape index (κ2) is 5.48. The third kappa shape index (κ3) is 2.96. The van der Waals surface area contributed by atoms with Crippen LogP contribution in [0, 0.1) is 11.3 Å². The minimum Gasteiger partial charge on any atom is -0.365 e. The van der Waals surface area contributed by atoms with Gasteiger partial charge in [0.15, 0.2) is 0 Å². The molecule has 1 aliphatic rings. The van der Waals surface area contributed by atoms with Crippen molar-refractivity contribution in [1.29, 1.82) is 5.26 Å². The summed E-state index contributed by atoms with van der Waals surface area (Å²) in [5, 5.41) is 15.9. The average Bonchev–Trinajstić information content (AvgIpc) is 2.34. The summed E-state index contributed by atoms with van der Waals surface area (Å²) < 4.78 is 0.828. The van der Waals surface area contributed by atoms with E-state index in [9.17, 15) is 0 Å². The summed E-state index contributed by atoms with van der Waals surface area (Å²) in [5.41, 5.74) is 0.581. The Morgan fingerprint density at radius 2 is 2.47 bits per heavy atom. The van der Waals surface area contributed by atoms with E-state index in [1.54, 1.807) is 12.3 Å². The molecule has 17 heavy (non-hydrogen) atoms. The maximum absolute atomic E-state index is 9.07. The van der Waals surface area contributed by atoms with E-state index in [2.05, 4.69) is 44.5 Å². The van der Waals surface area contributed by atoms with E-state index >= 15 is 0 Å². The number of hydrogen-bond acceptors (Lipinski definition) is 4. The number of hydrogen-bond donors (Lipinski definition) is 2. The van der Waals surface area contributed by atoms with Crippen LogP contribution in [-0.4, -0.2) is 23.6 Å². The molecule has 0 spiro atoms. The molecule has 4 nitrogen and oxygen atoms in total. The van der Waals surface area contributed by atoms with Crippen LogP contribution >= 0.6 is 15.9 Å². The van der Waals surface area contributed by atoms with E-state index < -0.39 is 0 Å². The lowest BCUT2D eigenvalue weighted by molar-refractivity contribution is 0.388. The van der Waals surface area contributed by atoms with Crippen molar-refractivity contribution < 1.29 is 0 Å². The molecule has 0 aliphatic carbocycles. The first-order valence-corrected chi connectivity index (χ1v) is 6.55. The van der Waals surface area contributed by atoms with Crippen LogP contribution in [0.3, 0.4) is 0 Å². The van der Waals surface area contributed by atoms with E-state index in [0.29, 0.717) is 23.5 Å². The van der Waals surface area contributed by atoms with E-state index in [1.807, 2.05) is 0 Å². The Hall–Kier alpha value is -1.12. The van der Waals surface area contributed by atoms with Gasteiger partial charge in [0.1, 0.15) is 11.9 Å². The molecule has 90 valence electrons. The lowest BCUT2D eigenvalue weighted by atomic mass is 10.00. The highest BCUT2D eigenvalue weighted by molar-refractivity contribution is 9.10. The van der Waals surface area contributed by atoms with Crippen molar-refractivity contribution in [3.05, 3.63) is 22.3 Å². The summed E-state index contributed by atoms with van der Waals surface area (Å²) in [4.78, 5) is 4.27. The van der Waals surface area contributed by atoms with Gasteiger partial charge in [0.05, 0.1) is 5.56 Å². The molecule has 0 amide bonds. The molecule has 2 atom stereocenters. The highest BCUT2D eigenvalue weighted by Gasteiger charge is 2.21. The van der Waals surface area contributed by atoms with Gasteiger partial charge in [-0.3, -0.25) is 0 Å². The number of anilines is 1. The molecule has 2 N–H and O–H groups in total. The first-order valence-electron chi connectivity index (χ1n) is 5.76. The Labute approximate surface area is 110 Å². The average molecular weight is 295 g/mol. The molecule has 1 aromatic rings. The smallest absolute Gasteiger partial charge is 0.144 e. The van der Waals surface area contributed by atoms with Gasteiger partial charge >= 0.3 is 0 Å². The molecule has 2 unspecified atom stereocenters. The van der Waals surface area contributed by atoms with Crippen molar-refractivity contribution in [3.63, 3.8) is 0 Å². The second-order valence-corrected chi connectivity index (χ2v) is 5.21. The molecule has 0 saturated carbocycles. The van der Waals surface area contributed by atoms with Gasteiger partial charge in [0.25, 0.3) is 0 Å². The zero-order valence-corrected chi connectivity index (χ0v) is 11.3. The second-order valence-electron chi connectivity index (χ2n) is 4.30. The van der Waals surface area contributed by atoms with Crippen LogP contribution in [0.4, 0.5) is 5.82 Å². The van der Waals surface area contributed by atoms with Crippen LogP contribution in [0.5, 0.6) is 0 Å². The van der Waals surface area contributed by atoms with Crippen molar-refractivity contribution in [1.82, 2.24) is 10.3 Å². The van der Waals surface area contributed by atoms with Crippen LogP contribution in [0.25, 0.3) is 0 Å². The van der Waals surface area contributed by atoms with Gasteiger partial charge in [-0.05, 0) is 48.3 Å². The van der Waals surface area contributed by atoms with E-state index in [0.717, 1.165) is 23.9 Å². The van der Waals surface area contributed by atoms with Crippen molar-refractivity contribution in [2.45, 2.75) is 31.8 Å². The Morgan fingerprint density at radius 3 is 3.18 bits per heavy atom. The molecular weight excluding hydrogens is 280 g/mol. The third-order valence-corrected chi connectivity index (χ3v) is 3.49. The third-order valence-electron chi connectivity index (χ3n) is 3.06. The molecule has 1 saturated heterocycles. The summed E-state index contributed by atoms with van der Waals surface area (Å²) in [5.74, 6) is 0.677. The molecule has 1 aliphatic heterocycles. The Morgan fingerprint density at radius 1 is 1.65 bits per heavy atom. The molecule has 1 aromatic heterocycles. The number of nitrogens with one attached hydrogen (secondary N) is 2. The molecule has 2 rings (SSSR count). The van der Waals surface area contributed by atoms with Crippen molar-refractivity contribution in [3.8, 4) is 6.07 Å². The molecule has 5 heteroatoms. The fourth-order valence-electron chi connectivity index (χ4n) is 2.06. The summed E-state index contributed by atoms with van der Waals surface area (Å²) in [6.07, 6.45) is 3.97. The van der Waals surface area contributed by atoms with Crippen molar-refractivity contribution in [2.75, 3.05) is 11.9 Å². The molecule has 0 aromatic carbocycles. The van der Waals surface area contributed by atoms with E-state index in [-0.39, 0.29) is 0 Å².